The number of sulfonamides is 1. The molecule has 33 heavy (non-hydrogen) atoms. The van der Waals surface area contributed by atoms with E-state index in [1.807, 2.05) is 0 Å². The van der Waals surface area contributed by atoms with Gasteiger partial charge in [0, 0.05) is 18.9 Å². The van der Waals surface area contributed by atoms with Gasteiger partial charge in [-0.25, -0.2) is 13.1 Å². The molecule has 192 valence electrons. The van der Waals surface area contributed by atoms with Gasteiger partial charge < -0.3 is 9.90 Å². The molecule has 0 radical (unpaired) electrons. The molecule has 0 heterocycles. The molecule has 0 atom stereocenters. The number of nitrogens with one attached hydrogen (secondary N) is 1. The summed E-state index contributed by atoms with van der Waals surface area (Å²) in [5, 5.41) is 10.3. The largest absolute Gasteiger partial charge is 1.00 e. The molecule has 0 aromatic rings. The van der Waals surface area contributed by atoms with Crippen molar-refractivity contribution < 1.29 is 47.9 Å². The van der Waals surface area contributed by atoms with Crippen LogP contribution in [0.3, 0.4) is 0 Å². The number of hydrogen-bond acceptors (Lipinski definition) is 4. The van der Waals surface area contributed by atoms with Gasteiger partial charge in [0.1, 0.15) is 0 Å². The molecule has 7 heteroatoms. The van der Waals surface area contributed by atoms with Crippen molar-refractivity contribution in [1.82, 2.24) is 4.72 Å². The number of unbranched alkanes of at least 4 members (excludes halogenated alkanes) is 20. The van der Waals surface area contributed by atoms with Crippen LogP contribution in [0, 0.1) is 0 Å². The first-order valence-corrected chi connectivity index (χ1v) is 15.3. The first kappa shape index (κ1) is 35.5. The summed E-state index contributed by atoms with van der Waals surface area (Å²) in [6.07, 6.45) is 27.1. The van der Waals surface area contributed by atoms with Crippen LogP contribution < -0.4 is 39.4 Å². The third kappa shape index (κ3) is 30.3. The molecule has 0 amide bonds. The van der Waals surface area contributed by atoms with E-state index in [9.17, 15) is 18.3 Å². The van der Waals surface area contributed by atoms with Crippen molar-refractivity contribution in [2.45, 2.75) is 148 Å². The first-order valence-electron chi connectivity index (χ1n) is 13.6. The molecule has 1 N–H and O–H groups in total. The topological polar surface area (TPSA) is 86.3 Å². The summed E-state index contributed by atoms with van der Waals surface area (Å²) in [5.74, 6) is -1.15. The van der Waals surface area contributed by atoms with E-state index in [2.05, 4.69) is 11.6 Å². The Hall–Kier alpha value is 0.380. The number of carboxylic acid groups (broad SMARTS) is 1. The molecule has 5 nitrogen and oxygen atoms in total. The molecule has 0 aromatic heterocycles. The van der Waals surface area contributed by atoms with Crippen LogP contribution in [0.25, 0.3) is 0 Å². The van der Waals surface area contributed by atoms with Gasteiger partial charge in [-0.2, -0.15) is 0 Å². The van der Waals surface area contributed by atoms with Gasteiger partial charge in [-0.15, -0.1) is 0 Å². The summed E-state index contributed by atoms with van der Waals surface area (Å²) in [6, 6.07) is 0. The second-order valence-corrected chi connectivity index (χ2v) is 11.3. The fourth-order valence-electron chi connectivity index (χ4n) is 4.10. The van der Waals surface area contributed by atoms with Gasteiger partial charge in [0.05, 0.1) is 5.75 Å². The molecule has 0 bridgehead atoms. The summed E-state index contributed by atoms with van der Waals surface area (Å²) in [6.45, 7) is 2.20. The van der Waals surface area contributed by atoms with E-state index >= 15 is 0 Å². The van der Waals surface area contributed by atoms with E-state index < -0.39 is 16.0 Å². The third-order valence-electron chi connectivity index (χ3n) is 6.17. The van der Waals surface area contributed by atoms with Crippen LogP contribution in [0.2, 0.25) is 0 Å². The molecular formula is C26H52NNaO4S. The van der Waals surface area contributed by atoms with Crippen molar-refractivity contribution in [3.8, 4) is 0 Å². The van der Waals surface area contributed by atoms with Crippen molar-refractivity contribution >= 4 is 16.0 Å². The molecule has 0 spiro atoms. The van der Waals surface area contributed by atoms with E-state index in [0.717, 1.165) is 12.8 Å². The average molecular weight is 498 g/mol. The summed E-state index contributed by atoms with van der Waals surface area (Å²) in [7, 11) is -3.34. The van der Waals surface area contributed by atoms with Crippen LogP contribution in [0.5, 0.6) is 0 Å². The second kappa shape index (κ2) is 27.0. The number of aliphatic carboxylic acids is 1. The van der Waals surface area contributed by atoms with Gasteiger partial charge in [-0.3, -0.25) is 0 Å². The molecule has 0 unspecified atom stereocenters. The van der Waals surface area contributed by atoms with Crippen LogP contribution in [0.15, 0.2) is 0 Å². The molecule has 0 aliphatic heterocycles. The van der Waals surface area contributed by atoms with E-state index in [1.165, 1.54) is 116 Å². The molecule has 0 saturated carbocycles. The zero-order valence-corrected chi connectivity index (χ0v) is 24.8. The zero-order chi connectivity index (χ0) is 23.8. The molecule has 0 aliphatic carbocycles. The number of carbonyl (C=O) groups is 1. The Morgan fingerprint density at radius 2 is 0.909 bits per heavy atom. The van der Waals surface area contributed by atoms with Crippen molar-refractivity contribution in [3.05, 3.63) is 0 Å². The predicted molar refractivity (Wildman–Crippen MR) is 134 cm³/mol. The Bertz CT molecular complexity index is 514. The smallest absolute Gasteiger partial charge is 0.550 e. The number of hydrogen-bond donors (Lipinski definition) is 1. The van der Waals surface area contributed by atoms with Crippen LogP contribution in [0.1, 0.15) is 148 Å². The van der Waals surface area contributed by atoms with E-state index in [4.69, 9.17) is 0 Å². The van der Waals surface area contributed by atoms with Gasteiger partial charge in [-0.1, -0.05) is 135 Å². The molecule has 0 saturated heterocycles. The maximum atomic E-state index is 11.7. The fourth-order valence-corrected chi connectivity index (χ4v) is 5.25. The van der Waals surface area contributed by atoms with Crippen molar-refractivity contribution in [2.75, 3.05) is 12.3 Å². The van der Waals surface area contributed by atoms with Crippen molar-refractivity contribution in [1.29, 1.82) is 0 Å². The molecular weight excluding hydrogens is 445 g/mol. The fraction of sp³-hybridized carbons (Fsp3) is 0.962. The Kier molecular flexibility index (Phi) is 29.1. The van der Waals surface area contributed by atoms with Crippen molar-refractivity contribution in [2.24, 2.45) is 0 Å². The van der Waals surface area contributed by atoms with Crippen LogP contribution in [0.4, 0.5) is 0 Å². The summed E-state index contributed by atoms with van der Waals surface area (Å²) < 4.78 is 25.7. The van der Waals surface area contributed by atoms with Gasteiger partial charge >= 0.3 is 29.6 Å². The molecule has 0 rings (SSSR count). The standard InChI is InChI=1S/C26H53NO4S.Na/c1-2-3-4-5-6-7-8-9-10-11-12-13-14-15-16-17-18-19-20-21-22-25-32(30,31)27-24-23-26(28)29;/h27H,2-25H2,1H3,(H,28,29);/q;+1/p-1. The zero-order valence-electron chi connectivity index (χ0n) is 22.0. The van der Waals surface area contributed by atoms with E-state index in [-0.39, 0.29) is 48.3 Å². The van der Waals surface area contributed by atoms with Crippen molar-refractivity contribution in [3.63, 3.8) is 0 Å². The maximum Gasteiger partial charge on any atom is 1.00 e. The van der Waals surface area contributed by atoms with Crippen LogP contribution in [-0.2, 0) is 14.8 Å². The Morgan fingerprint density at radius 1 is 0.606 bits per heavy atom. The Morgan fingerprint density at radius 3 is 1.21 bits per heavy atom. The molecule has 0 aromatic carbocycles. The van der Waals surface area contributed by atoms with Gasteiger partial charge in [0.25, 0.3) is 0 Å². The normalized spacial score (nSPS) is 11.4. The minimum atomic E-state index is -3.34. The first-order chi connectivity index (χ1) is 15.5. The monoisotopic (exact) mass is 497 g/mol. The third-order valence-corrected chi connectivity index (χ3v) is 7.64. The molecule has 0 aliphatic rings. The number of carbonyl (C=O) groups excluding carboxylic acids is 1. The van der Waals surface area contributed by atoms with Crippen LogP contribution in [-0.4, -0.2) is 26.7 Å². The van der Waals surface area contributed by atoms with Gasteiger partial charge in [-0.05, 0) is 6.42 Å². The van der Waals surface area contributed by atoms with Crippen LogP contribution >= 0.6 is 0 Å². The summed E-state index contributed by atoms with van der Waals surface area (Å²) in [4.78, 5) is 10.3. The Labute approximate surface area is 228 Å². The second-order valence-electron chi connectivity index (χ2n) is 9.41. The SMILES string of the molecule is CCCCCCCCCCCCCCCCCCCCCCCS(=O)(=O)NCCC(=O)[O-].[Na+]. The Balaban J connectivity index is 0. The maximum absolute atomic E-state index is 11.7. The number of carboxylic acids is 1. The van der Waals surface area contributed by atoms with E-state index in [0.29, 0.717) is 6.42 Å². The average Bonchev–Trinajstić information content (AvgIpc) is 2.74. The van der Waals surface area contributed by atoms with Gasteiger partial charge in [0.15, 0.2) is 0 Å². The van der Waals surface area contributed by atoms with Gasteiger partial charge in [0.2, 0.25) is 10.0 Å². The van der Waals surface area contributed by atoms with E-state index in [1.54, 1.807) is 0 Å². The minimum Gasteiger partial charge on any atom is -0.550 e. The summed E-state index contributed by atoms with van der Waals surface area (Å²) in [5.41, 5.74) is 0. The molecule has 0 fully saturated rings. The predicted octanol–water partition coefficient (Wildman–Crippen LogP) is 3.26. The quantitative estimate of drug-likeness (QED) is 0.147. The number of rotatable bonds is 26. The minimum absolute atomic E-state index is 0. The summed E-state index contributed by atoms with van der Waals surface area (Å²) >= 11 is 0.